The predicted molar refractivity (Wildman–Crippen MR) is 99.2 cm³/mol. The molecular weight excluding hydrogens is 370 g/mol. The Kier molecular flexibility index (Phi) is 8.43. The molecule has 1 amide bonds. The van der Waals surface area contributed by atoms with Crippen molar-refractivity contribution in [1.29, 1.82) is 0 Å². The fraction of sp³-hybridized carbons (Fsp3) is 0.533. The molecule has 3 N–H and O–H groups in total. The van der Waals surface area contributed by atoms with E-state index in [9.17, 15) is 13.2 Å². The Balaban J connectivity index is 0.00000312. The van der Waals surface area contributed by atoms with Crippen LogP contribution in [0.2, 0.25) is 0 Å². The van der Waals surface area contributed by atoms with Gasteiger partial charge < -0.3 is 20.1 Å². The van der Waals surface area contributed by atoms with Gasteiger partial charge in [-0.05, 0) is 19.1 Å². The largest absolute Gasteiger partial charge is 0.494 e. The molecule has 0 radical (unpaired) electrons. The van der Waals surface area contributed by atoms with Crippen LogP contribution in [0.4, 0.5) is 11.4 Å². The van der Waals surface area contributed by atoms with E-state index in [1.807, 2.05) is 0 Å². The normalized spacial score (nSPS) is 17.3. The first kappa shape index (κ1) is 21.5. The summed E-state index contributed by atoms with van der Waals surface area (Å²) in [7, 11) is -1.96. The number of anilines is 2. The molecule has 1 aliphatic heterocycles. The molecule has 0 saturated carbocycles. The molecule has 0 bridgehead atoms. The molecule has 0 spiro atoms. The molecular formula is C15H24ClN3O5S. The quantitative estimate of drug-likeness (QED) is 0.642. The third-order valence-corrected chi connectivity index (χ3v) is 4.85. The molecule has 10 heteroatoms. The zero-order valence-corrected chi connectivity index (χ0v) is 15.8. The van der Waals surface area contributed by atoms with E-state index in [1.54, 1.807) is 25.1 Å². The van der Waals surface area contributed by atoms with Crippen molar-refractivity contribution in [3.8, 4) is 5.75 Å². The van der Waals surface area contributed by atoms with Gasteiger partial charge in [0.05, 0.1) is 31.8 Å². The second-order valence-corrected chi connectivity index (χ2v) is 7.41. The second-order valence-electron chi connectivity index (χ2n) is 5.40. The van der Waals surface area contributed by atoms with Crippen LogP contribution in [-0.4, -0.2) is 53.0 Å². The summed E-state index contributed by atoms with van der Waals surface area (Å²) < 4.78 is 36.3. The van der Waals surface area contributed by atoms with Gasteiger partial charge in [0.1, 0.15) is 5.75 Å². The van der Waals surface area contributed by atoms with Gasteiger partial charge in [-0.2, -0.15) is 0 Å². The minimum absolute atomic E-state index is 0. The number of benzene rings is 1. The Labute approximate surface area is 154 Å². The van der Waals surface area contributed by atoms with Gasteiger partial charge in [0.2, 0.25) is 15.9 Å². The summed E-state index contributed by atoms with van der Waals surface area (Å²) in [6.07, 6.45) is 0.298. The first-order valence-corrected chi connectivity index (χ1v) is 9.38. The van der Waals surface area contributed by atoms with Crippen LogP contribution in [0.1, 0.15) is 13.3 Å². The molecule has 0 aromatic heterocycles. The van der Waals surface area contributed by atoms with Crippen LogP contribution in [-0.2, 0) is 19.6 Å². The number of hydrogen-bond acceptors (Lipinski definition) is 6. The number of carbonyl (C=O) groups is 1. The number of sulfonamides is 1. The van der Waals surface area contributed by atoms with E-state index in [1.165, 1.54) is 7.11 Å². The average molecular weight is 394 g/mol. The lowest BCUT2D eigenvalue weighted by molar-refractivity contribution is -0.117. The molecule has 1 aromatic rings. The summed E-state index contributed by atoms with van der Waals surface area (Å²) in [5.41, 5.74) is 0.868. The lowest BCUT2D eigenvalue weighted by Crippen LogP contribution is -2.43. The number of halogens is 1. The highest BCUT2D eigenvalue weighted by atomic mass is 35.5. The number of methoxy groups -OCH3 is 1. The zero-order valence-electron chi connectivity index (χ0n) is 14.2. The van der Waals surface area contributed by atoms with Crippen molar-refractivity contribution in [2.75, 3.05) is 42.7 Å². The molecule has 25 heavy (non-hydrogen) atoms. The number of amides is 1. The maximum Gasteiger partial charge on any atom is 0.232 e. The molecule has 1 saturated heterocycles. The molecule has 1 heterocycles. The third-order valence-electron chi connectivity index (χ3n) is 3.56. The highest BCUT2D eigenvalue weighted by Gasteiger charge is 2.17. The molecule has 1 aromatic carbocycles. The van der Waals surface area contributed by atoms with Gasteiger partial charge in [-0.25, -0.2) is 8.42 Å². The maximum atomic E-state index is 12.1. The lowest BCUT2D eigenvalue weighted by Gasteiger charge is -2.23. The van der Waals surface area contributed by atoms with Crippen LogP contribution in [0.25, 0.3) is 0 Å². The van der Waals surface area contributed by atoms with Gasteiger partial charge in [-0.1, -0.05) is 0 Å². The molecule has 0 aliphatic carbocycles. The van der Waals surface area contributed by atoms with Crippen LogP contribution in [0, 0.1) is 0 Å². The van der Waals surface area contributed by atoms with E-state index in [0.29, 0.717) is 36.8 Å². The topological polar surface area (TPSA) is 106 Å². The monoisotopic (exact) mass is 393 g/mol. The van der Waals surface area contributed by atoms with Crippen LogP contribution in [0.5, 0.6) is 5.75 Å². The van der Waals surface area contributed by atoms with Crippen molar-refractivity contribution in [3.05, 3.63) is 18.2 Å². The molecule has 8 nitrogen and oxygen atoms in total. The van der Waals surface area contributed by atoms with E-state index in [0.717, 1.165) is 6.54 Å². The fourth-order valence-corrected chi connectivity index (χ4v) is 2.93. The predicted octanol–water partition coefficient (Wildman–Crippen LogP) is 1.20. The highest BCUT2D eigenvalue weighted by Crippen LogP contribution is 2.29. The standard InChI is InChI=1S/C15H23N3O5S.ClH/c1-3-24(20,21)18-13-5-4-11(8-14(13)22-2)17-15(19)9-12-10-23-7-6-16-12;/h4-5,8,12,16,18H,3,6-7,9-10H2,1-2H3,(H,17,19);1H. The van der Waals surface area contributed by atoms with E-state index >= 15 is 0 Å². The van der Waals surface area contributed by atoms with Crippen molar-refractivity contribution < 1.29 is 22.7 Å². The summed E-state index contributed by atoms with van der Waals surface area (Å²) >= 11 is 0. The first-order valence-electron chi connectivity index (χ1n) is 7.73. The molecule has 1 unspecified atom stereocenters. The van der Waals surface area contributed by atoms with Crippen molar-refractivity contribution in [2.45, 2.75) is 19.4 Å². The first-order chi connectivity index (χ1) is 11.4. The zero-order chi connectivity index (χ0) is 17.6. The number of ether oxygens (including phenoxy) is 2. The Morgan fingerprint density at radius 3 is 2.80 bits per heavy atom. The molecule has 1 fully saturated rings. The SMILES string of the molecule is CCS(=O)(=O)Nc1ccc(NC(=O)CC2COCCN2)cc1OC.Cl. The van der Waals surface area contributed by atoms with Gasteiger partial charge in [0.15, 0.2) is 0 Å². The van der Waals surface area contributed by atoms with E-state index in [2.05, 4.69) is 15.4 Å². The van der Waals surface area contributed by atoms with Gasteiger partial charge in [0.25, 0.3) is 0 Å². The lowest BCUT2D eigenvalue weighted by atomic mass is 10.2. The molecule has 2 rings (SSSR count). The minimum atomic E-state index is -3.40. The number of carbonyl (C=O) groups excluding carboxylic acids is 1. The molecule has 1 aliphatic rings. The van der Waals surface area contributed by atoms with Gasteiger partial charge in [0, 0.05) is 30.8 Å². The summed E-state index contributed by atoms with van der Waals surface area (Å²) in [5.74, 6) is 0.149. The number of rotatable bonds is 7. The van der Waals surface area contributed by atoms with Crippen LogP contribution < -0.4 is 20.1 Å². The van der Waals surface area contributed by atoms with Gasteiger partial charge in [-0.3, -0.25) is 9.52 Å². The number of morpholine rings is 1. The highest BCUT2D eigenvalue weighted by molar-refractivity contribution is 7.92. The van der Waals surface area contributed by atoms with Gasteiger partial charge in [-0.15, -0.1) is 12.4 Å². The van der Waals surface area contributed by atoms with Crippen LogP contribution >= 0.6 is 12.4 Å². The Morgan fingerprint density at radius 2 is 2.20 bits per heavy atom. The van der Waals surface area contributed by atoms with Crippen molar-refractivity contribution in [3.63, 3.8) is 0 Å². The van der Waals surface area contributed by atoms with Crippen molar-refractivity contribution in [2.24, 2.45) is 0 Å². The molecule has 1 atom stereocenters. The summed E-state index contributed by atoms with van der Waals surface area (Å²) in [5, 5.41) is 5.99. The number of hydrogen-bond donors (Lipinski definition) is 3. The summed E-state index contributed by atoms with van der Waals surface area (Å²) in [4.78, 5) is 12.1. The Bertz CT molecular complexity index is 678. The minimum Gasteiger partial charge on any atom is -0.494 e. The van der Waals surface area contributed by atoms with Gasteiger partial charge >= 0.3 is 0 Å². The summed E-state index contributed by atoms with van der Waals surface area (Å²) in [6, 6.07) is 4.76. The van der Waals surface area contributed by atoms with E-state index in [-0.39, 0.29) is 30.1 Å². The van der Waals surface area contributed by atoms with Crippen molar-refractivity contribution in [1.82, 2.24) is 5.32 Å². The van der Waals surface area contributed by atoms with E-state index in [4.69, 9.17) is 9.47 Å². The maximum absolute atomic E-state index is 12.1. The smallest absolute Gasteiger partial charge is 0.232 e. The molecule has 142 valence electrons. The second kappa shape index (κ2) is 9.81. The van der Waals surface area contributed by atoms with E-state index < -0.39 is 10.0 Å². The third kappa shape index (κ3) is 6.69. The number of nitrogens with one attached hydrogen (secondary N) is 3. The fourth-order valence-electron chi connectivity index (χ4n) is 2.28. The Hall–Kier alpha value is -1.55. The van der Waals surface area contributed by atoms with Crippen LogP contribution in [0.15, 0.2) is 18.2 Å². The summed E-state index contributed by atoms with van der Waals surface area (Å²) in [6.45, 7) is 3.45. The van der Waals surface area contributed by atoms with Crippen molar-refractivity contribution >= 4 is 39.7 Å². The Morgan fingerprint density at radius 1 is 1.44 bits per heavy atom. The average Bonchev–Trinajstić information content (AvgIpc) is 2.57. The van der Waals surface area contributed by atoms with Crippen LogP contribution in [0.3, 0.4) is 0 Å².